The van der Waals surface area contributed by atoms with E-state index in [1.165, 1.54) is 0 Å². The van der Waals surface area contributed by atoms with Gasteiger partial charge in [-0.25, -0.2) is 4.79 Å². The van der Waals surface area contributed by atoms with Crippen molar-refractivity contribution < 1.29 is 9.59 Å². The van der Waals surface area contributed by atoms with Crippen LogP contribution in [0.3, 0.4) is 0 Å². The van der Waals surface area contributed by atoms with E-state index in [1.807, 2.05) is 42.5 Å². The van der Waals surface area contributed by atoms with Crippen molar-refractivity contribution in [2.75, 3.05) is 19.4 Å². The van der Waals surface area contributed by atoms with Gasteiger partial charge in [0.15, 0.2) is 0 Å². The summed E-state index contributed by atoms with van der Waals surface area (Å²) in [6, 6.07) is 16.3. The number of anilines is 1. The molecule has 0 aliphatic rings. The van der Waals surface area contributed by atoms with E-state index in [4.69, 9.17) is 0 Å². The second-order valence-corrected chi connectivity index (χ2v) is 4.93. The molecule has 2 N–H and O–H groups in total. The highest BCUT2D eigenvalue weighted by Gasteiger charge is 2.10. The molecule has 0 aliphatic heterocycles. The summed E-state index contributed by atoms with van der Waals surface area (Å²) in [6.07, 6.45) is 0. The van der Waals surface area contributed by atoms with Gasteiger partial charge in [0.05, 0.1) is 0 Å². The molecule has 0 bridgehead atoms. The molecule has 5 heteroatoms. The number of carbonyl (C=O) groups excluding carboxylic acids is 2. The third-order valence-corrected chi connectivity index (χ3v) is 3.23. The standard InChI is InChI=1S/C17H19N3O2/c1-18-16(21)14-10-8-13(9-11-14)12-20(2)17(22)19-15-6-4-3-5-7-15/h3-11H,12H2,1-2H3,(H,18,21)(H,19,22). The van der Waals surface area contributed by atoms with Crippen molar-refractivity contribution in [1.82, 2.24) is 10.2 Å². The smallest absolute Gasteiger partial charge is 0.321 e. The fourth-order valence-corrected chi connectivity index (χ4v) is 1.99. The highest BCUT2D eigenvalue weighted by Crippen LogP contribution is 2.10. The van der Waals surface area contributed by atoms with E-state index in [1.54, 1.807) is 31.1 Å². The Balaban J connectivity index is 1.95. The average molecular weight is 297 g/mol. The summed E-state index contributed by atoms with van der Waals surface area (Å²) in [7, 11) is 3.32. The number of para-hydroxylation sites is 1. The van der Waals surface area contributed by atoms with E-state index in [0.717, 1.165) is 11.3 Å². The first-order chi connectivity index (χ1) is 10.6. The predicted octanol–water partition coefficient (Wildman–Crippen LogP) is 2.71. The van der Waals surface area contributed by atoms with Gasteiger partial charge in [0.1, 0.15) is 0 Å². The summed E-state index contributed by atoms with van der Waals surface area (Å²) in [4.78, 5) is 25.1. The molecule has 0 atom stereocenters. The lowest BCUT2D eigenvalue weighted by molar-refractivity contribution is 0.0963. The van der Waals surface area contributed by atoms with Gasteiger partial charge in [-0.2, -0.15) is 0 Å². The molecule has 0 saturated carbocycles. The minimum atomic E-state index is -0.179. The Kier molecular flexibility index (Phi) is 5.14. The molecule has 2 aromatic rings. The van der Waals surface area contributed by atoms with Crippen LogP contribution in [0.1, 0.15) is 15.9 Å². The van der Waals surface area contributed by atoms with Gasteiger partial charge in [-0.15, -0.1) is 0 Å². The Morgan fingerprint density at radius 2 is 1.64 bits per heavy atom. The maximum Gasteiger partial charge on any atom is 0.321 e. The zero-order valence-electron chi connectivity index (χ0n) is 12.7. The molecule has 2 aromatic carbocycles. The van der Waals surface area contributed by atoms with E-state index < -0.39 is 0 Å². The summed E-state index contributed by atoms with van der Waals surface area (Å²) in [5.41, 5.74) is 2.32. The third kappa shape index (κ3) is 4.09. The highest BCUT2D eigenvalue weighted by atomic mass is 16.2. The molecule has 0 spiro atoms. The maximum absolute atomic E-state index is 12.1. The van der Waals surface area contributed by atoms with Crippen LogP contribution in [-0.4, -0.2) is 30.9 Å². The number of nitrogens with zero attached hydrogens (tertiary/aromatic N) is 1. The predicted molar refractivity (Wildman–Crippen MR) is 86.8 cm³/mol. The molecule has 2 rings (SSSR count). The summed E-state index contributed by atoms with van der Waals surface area (Å²) in [5.74, 6) is -0.123. The molecule has 5 nitrogen and oxygen atoms in total. The van der Waals surface area contributed by atoms with Crippen molar-refractivity contribution in [3.05, 3.63) is 65.7 Å². The largest absolute Gasteiger partial charge is 0.355 e. The minimum Gasteiger partial charge on any atom is -0.355 e. The summed E-state index contributed by atoms with van der Waals surface area (Å²) >= 11 is 0. The SMILES string of the molecule is CNC(=O)c1ccc(CN(C)C(=O)Nc2ccccc2)cc1. The normalized spacial score (nSPS) is 9.91. The molecule has 0 heterocycles. The number of amides is 3. The van der Waals surface area contributed by atoms with Crippen molar-refractivity contribution in [1.29, 1.82) is 0 Å². The highest BCUT2D eigenvalue weighted by molar-refractivity contribution is 5.94. The first-order valence-corrected chi connectivity index (χ1v) is 6.98. The number of hydrogen-bond acceptors (Lipinski definition) is 2. The Hall–Kier alpha value is -2.82. The van der Waals surface area contributed by atoms with Crippen molar-refractivity contribution >= 4 is 17.6 Å². The maximum atomic E-state index is 12.1. The van der Waals surface area contributed by atoms with Crippen LogP contribution in [0.25, 0.3) is 0 Å². The Bertz CT molecular complexity index is 639. The summed E-state index contributed by atoms with van der Waals surface area (Å²) in [5, 5.41) is 5.40. The van der Waals surface area contributed by atoms with Crippen LogP contribution in [0, 0.1) is 0 Å². The monoisotopic (exact) mass is 297 g/mol. The zero-order chi connectivity index (χ0) is 15.9. The van der Waals surface area contributed by atoms with Crippen LogP contribution in [0.15, 0.2) is 54.6 Å². The van der Waals surface area contributed by atoms with Gasteiger partial charge in [-0.3, -0.25) is 4.79 Å². The fourth-order valence-electron chi connectivity index (χ4n) is 1.99. The van der Waals surface area contributed by atoms with Crippen molar-refractivity contribution in [3.63, 3.8) is 0 Å². The molecule has 114 valence electrons. The number of urea groups is 1. The van der Waals surface area contributed by atoms with Crippen LogP contribution in [-0.2, 0) is 6.54 Å². The summed E-state index contributed by atoms with van der Waals surface area (Å²) in [6.45, 7) is 0.465. The van der Waals surface area contributed by atoms with E-state index in [-0.39, 0.29) is 11.9 Å². The second kappa shape index (κ2) is 7.26. The third-order valence-electron chi connectivity index (χ3n) is 3.23. The number of benzene rings is 2. The lowest BCUT2D eigenvalue weighted by Gasteiger charge is -2.18. The van der Waals surface area contributed by atoms with Crippen LogP contribution >= 0.6 is 0 Å². The first kappa shape index (κ1) is 15.6. The molecular formula is C17H19N3O2. The topological polar surface area (TPSA) is 61.4 Å². The van der Waals surface area contributed by atoms with Gasteiger partial charge in [0, 0.05) is 31.9 Å². The Morgan fingerprint density at radius 3 is 2.23 bits per heavy atom. The van der Waals surface area contributed by atoms with Gasteiger partial charge >= 0.3 is 6.03 Å². The number of carbonyl (C=O) groups is 2. The average Bonchev–Trinajstić information content (AvgIpc) is 2.55. The lowest BCUT2D eigenvalue weighted by Crippen LogP contribution is -2.30. The van der Waals surface area contributed by atoms with Crippen molar-refractivity contribution in [2.24, 2.45) is 0 Å². The Morgan fingerprint density at radius 1 is 1.00 bits per heavy atom. The number of hydrogen-bond donors (Lipinski definition) is 2. The molecule has 0 unspecified atom stereocenters. The van der Waals surface area contributed by atoms with Crippen LogP contribution in [0.5, 0.6) is 0 Å². The molecule has 0 saturated heterocycles. The molecule has 22 heavy (non-hydrogen) atoms. The Labute approximate surface area is 129 Å². The quantitative estimate of drug-likeness (QED) is 0.911. The zero-order valence-corrected chi connectivity index (χ0v) is 12.7. The molecule has 0 aromatic heterocycles. The van der Waals surface area contributed by atoms with E-state index in [9.17, 15) is 9.59 Å². The van der Waals surface area contributed by atoms with E-state index in [0.29, 0.717) is 12.1 Å². The number of rotatable bonds is 4. The minimum absolute atomic E-state index is 0.123. The van der Waals surface area contributed by atoms with Crippen molar-refractivity contribution in [2.45, 2.75) is 6.54 Å². The molecule has 3 amide bonds. The molecular weight excluding hydrogens is 278 g/mol. The van der Waals surface area contributed by atoms with Crippen molar-refractivity contribution in [3.8, 4) is 0 Å². The second-order valence-electron chi connectivity index (χ2n) is 4.93. The van der Waals surface area contributed by atoms with Gasteiger partial charge in [-0.05, 0) is 29.8 Å². The summed E-state index contributed by atoms with van der Waals surface area (Å²) < 4.78 is 0. The molecule has 0 fully saturated rings. The molecule has 0 aliphatic carbocycles. The lowest BCUT2D eigenvalue weighted by atomic mass is 10.1. The van der Waals surface area contributed by atoms with Gasteiger partial charge < -0.3 is 15.5 Å². The van der Waals surface area contributed by atoms with Gasteiger partial charge in [-0.1, -0.05) is 30.3 Å². The van der Waals surface area contributed by atoms with Gasteiger partial charge in [0.25, 0.3) is 5.91 Å². The van der Waals surface area contributed by atoms with Crippen LogP contribution in [0.4, 0.5) is 10.5 Å². The van der Waals surface area contributed by atoms with Crippen LogP contribution < -0.4 is 10.6 Å². The molecule has 0 radical (unpaired) electrons. The van der Waals surface area contributed by atoms with E-state index >= 15 is 0 Å². The van der Waals surface area contributed by atoms with E-state index in [2.05, 4.69) is 10.6 Å². The van der Waals surface area contributed by atoms with Crippen LogP contribution in [0.2, 0.25) is 0 Å². The fraction of sp³-hybridized carbons (Fsp3) is 0.176. The number of nitrogens with one attached hydrogen (secondary N) is 2. The van der Waals surface area contributed by atoms with Gasteiger partial charge in [0.2, 0.25) is 0 Å². The first-order valence-electron chi connectivity index (χ1n) is 6.98.